The van der Waals surface area contributed by atoms with Crippen molar-refractivity contribution in [2.24, 2.45) is 5.92 Å². The van der Waals surface area contributed by atoms with Gasteiger partial charge in [0.15, 0.2) is 0 Å². The summed E-state index contributed by atoms with van der Waals surface area (Å²) in [5.74, 6) is -0.721. The van der Waals surface area contributed by atoms with Crippen LogP contribution >= 0.6 is 0 Å². The highest BCUT2D eigenvalue weighted by Crippen LogP contribution is 2.41. The van der Waals surface area contributed by atoms with Crippen molar-refractivity contribution in [1.82, 2.24) is 4.90 Å². The van der Waals surface area contributed by atoms with Gasteiger partial charge in [0.25, 0.3) is 0 Å². The van der Waals surface area contributed by atoms with E-state index in [9.17, 15) is 4.79 Å². The second-order valence-corrected chi connectivity index (χ2v) is 4.24. The van der Waals surface area contributed by atoms with Crippen LogP contribution in [0.4, 0.5) is 0 Å². The molecule has 1 N–H and O–H groups in total. The lowest BCUT2D eigenvalue weighted by Crippen LogP contribution is -2.33. The zero-order valence-corrected chi connectivity index (χ0v) is 8.52. The molecular formula is C11H17NO2. The largest absolute Gasteiger partial charge is 0.481 e. The Labute approximate surface area is 84.4 Å². The summed E-state index contributed by atoms with van der Waals surface area (Å²) >= 11 is 0. The standard InChI is InChI=1S/C11H17NO2/c1-2-3-6-12-8-4-5-10(12)9(7-8)11(13)14/h2-3,8-10H,4-7H2,1H3,(H,13,14). The van der Waals surface area contributed by atoms with Gasteiger partial charge in [-0.25, -0.2) is 0 Å². The molecule has 3 unspecified atom stereocenters. The molecule has 0 aromatic heterocycles. The molecule has 14 heavy (non-hydrogen) atoms. The van der Waals surface area contributed by atoms with E-state index in [-0.39, 0.29) is 5.92 Å². The first-order valence-electron chi connectivity index (χ1n) is 5.33. The smallest absolute Gasteiger partial charge is 0.308 e. The summed E-state index contributed by atoms with van der Waals surface area (Å²) in [5.41, 5.74) is 0. The van der Waals surface area contributed by atoms with E-state index in [1.165, 1.54) is 6.42 Å². The molecular weight excluding hydrogens is 178 g/mol. The quantitative estimate of drug-likeness (QED) is 0.694. The molecule has 3 heteroatoms. The third kappa shape index (κ3) is 1.46. The van der Waals surface area contributed by atoms with Gasteiger partial charge < -0.3 is 5.11 Å². The van der Waals surface area contributed by atoms with Crippen LogP contribution in [-0.2, 0) is 4.79 Å². The fraction of sp³-hybridized carbons (Fsp3) is 0.727. The molecule has 2 aliphatic heterocycles. The van der Waals surface area contributed by atoms with Gasteiger partial charge in [-0.1, -0.05) is 12.2 Å². The third-order valence-electron chi connectivity index (χ3n) is 3.55. The van der Waals surface area contributed by atoms with Crippen molar-refractivity contribution in [3.63, 3.8) is 0 Å². The van der Waals surface area contributed by atoms with E-state index < -0.39 is 5.97 Å². The zero-order valence-electron chi connectivity index (χ0n) is 8.52. The van der Waals surface area contributed by atoms with Crippen LogP contribution in [0, 0.1) is 5.92 Å². The molecule has 0 aliphatic carbocycles. The van der Waals surface area contributed by atoms with Crippen LogP contribution in [-0.4, -0.2) is 34.6 Å². The van der Waals surface area contributed by atoms with Gasteiger partial charge in [0.2, 0.25) is 0 Å². The van der Waals surface area contributed by atoms with Gasteiger partial charge in [0, 0.05) is 18.6 Å². The Hall–Kier alpha value is -0.830. The fourth-order valence-electron chi connectivity index (χ4n) is 2.88. The number of carboxylic acids is 1. The minimum Gasteiger partial charge on any atom is -0.481 e. The molecule has 0 radical (unpaired) electrons. The van der Waals surface area contributed by atoms with Crippen LogP contribution in [0.1, 0.15) is 26.2 Å². The topological polar surface area (TPSA) is 40.5 Å². The van der Waals surface area contributed by atoms with Gasteiger partial charge in [-0.15, -0.1) is 0 Å². The van der Waals surface area contributed by atoms with Crippen molar-refractivity contribution >= 4 is 5.97 Å². The monoisotopic (exact) mass is 195 g/mol. The van der Waals surface area contributed by atoms with Crippen LogP contribution < -0.4 is 0 Å². The first-order chi connectivity index (χ1) is 6.74. The van der Waals surface area contributed by atoms with Gasteiger partial charge >= 0.3 is 5.97 Å². The molecule has 2 heterocycles. The van der Waals surface area contributed by atoms with Crippen molar-refractivity contribution in [2.45, 2.75) is 38.3 Å². The lowest BCUT2D eigenvalue weighted by atomic mass is 9.89. The fourth-order valence-corrected chi connectivity index (χ4v) is 2.88. The molecule has 0 spiro atoms. The Balaban J connectivity index is 2.04. The maximum atomic E-state index is 11.0. The van der Waals surface area contributed by atoms with E-state index in [0.29, 0.717) is 12.1 Å². The summed E-state index contributed by atoms with van der Waals surface area (Å²) in [5, 5.41) is 9.03. The van der Waals surface area contributed by atoms with Gasteiger partial charge in [0.05, 0.1) is 5.92 Å². The van der Waals surface area contributed by atoms with E-state index in [1.807, 2.05) is 13.0 Å². The number of fused-ring (bicyclic) bond motifs is 2. The first kappa shape index (κ1) is 9.71. The number of carbonyl (C=O) groups is 1. The summed E-state index contributed by atoms with van der Waals surface area (Å²) in [6.45, 7) is 2.93. The normalized spacial score (nSPS) is 37.1. The Morgan fingerprint density at radius 1 is 1.57 bits per heavy atom. The van der Waals surface area contributed by atoms with Crippen molar-refractivity contribution in [3.05, 3.63) is 12.2 Å². The van der Waals surface area contributed by atoms with Crippen LogP contribution in [0.3, 0.4) is 0 Å². The Kier molecular flexibility index (Phi) is 2.59. The summed E-state index contributed by atoms with van der Waals surface area (Å²) in [6, 6.07) is 0.825. The lowest BCUT2D eigenvalue weighted by Gasteiger charge is -2.20. The first-order valence-corrected chi connectivity index (χ1v) is 5.33. The maximum absolute atomic E-state index is 11.0. The Bertz CT molecular complexity index is 262. The highest BCUT2D eigenvalue weighted by atomic mass is 16.4. The van der Waals surface area contributed by atoms with Crippen molar-refractivity contribution in [2.75, 3.05) is 6.54 Å². The number of hydrogen-bond acceptors (Lipinski definition) is 2. The summed E-state index contributed by atoms with van der Waals surface area (Å²) in [6.07, 6.45) is 7.27. The predicted molar refractivity (Wildman–Crippen MR) is 54.1 cm³/mol. The Morgan fingerprint density at radius 2 is 2.36 bits per heavy atom. The van der Waals surface area contributed by atoms with Gasteiger partial charge in [0.1, 0.15) is 0 Å². The van der Waals surface area contributed by atoms with Crippen LogP contribution in [0.15, 0.2) is 12.2 Å². The average molecular weight is 195 g/mol. The zero-order chi connectivity index (χ0) is 10.1. The van der Waals surface area contributed by atoms with Crippen molar-refractivity contribution in [3.8, 4) is 0 Å². The highest BCUT2D eigenvalue weighted by Gasteiger charge is 2.48. The highest BCUT2D eigenvalue weighted by molar-refractivity contribution is 5.71. The second-order valence-electron chi connectivity index (χ2n) is 4.24. The van der Waals surface area contributed by atoms with Crippen molar-refractivity contribution < 1.29 is 9.90 Å². The molecule has 2 rings (SSSR count). The summed E-state index contributed by atoms with van der Waals surface area (Å²) in [4.78, 5) is 13.3. The third-order valence-corrected chi connectivity index (χ3v) is 3.55. The second kappa shape index (κ2) is 3.73. The van der Waals surface area contributed by atoms with E-state index in [2.05, 4.69) is 11.0 Å². The molecule has 3 nitrogen and oxygen atoms in total. The molecule has 2 aliphatic rings. The molecule has 3 atom stereocenters. The molecule has 0 amide bonds. The number of rotatable bonds is 3. The lowest BCUT2D eigenvalue weighted by molar-refractivity contribution is -0.142. The van der Waals surface area contributed by atoms with E-state index in [0.717, 1.165) is 19.4 Å². The van der Waals surface area contributed by atoms with Crippen molar-refractivity contribution in [1.29, 1.82) is 0 Å². The summed E-state index contributed by atoms with van der Waals surface area (Å²) < 4.78 is 0. The number of aliphatic carboxylic acids is 1. The minimum atomic E-state index is -0.609. The van der Waals surface area contributed by atoms with E-state index in [4.69, 9.17) is 5.11 Å². The Morgan fingerprint density at radius 3 is 2.93 bits per heavy atom. The molecule has 2 bridgehead atoms. The molecule has 0 aromatic rings. The van der Waals surface area contributed by atoms with E-state index >= 15 is 0 Å². The molecule has 2 fully saturated rings. The SMILES string of the molecule is CC=CCN1C2CCC1C(C(=O)O)C2. The molecule has 0 saturated carbocycles. The van der Waals surface area contributed by atoms with Crippen LogP contribution in [0.2, 0.25) is 0 Å². The van der Waals surface area contributed by atoms with Crippen LogP contribution in [0.5, 0.6) is 0 Å². The van der Waals surface area contributed by atoms with Crippen LogP contribution in [0.25, 0.3) is 0 Å². The maximum Gasteiger partial charge on any atom is 0.308 e. The molecule has 0 aromatic carbocycles. The number of carboxylic acid groups (broad SMARTS) is 1. The van der Waals surface area contributed by atoms with Gasteiger partial charge in [-0.05, 0) is 26.2 Å². The van der Waals surface area contributed by atoms with Gasteiger partial charge in [-0.3, -0.25) is 9.69 Å². The predicted octanol–water partition coefficient (Wildman–Crippen LogP) is 1.50. The molecule has 2 saturated heterocycles. The minimum absolute atomic E-state index is 0.112. The number of hydrogen-bond donors (Lipinski definition) is 1. The number of nitrogens with zero attached hydrogens (tertiary/aromatic N) is 1. The molecule has 78 valence electrons. The van der Waals surface area contributed by atoms with Gasteiger partial charge in [-0.2, -0.15) is 0 Å². The number of allylic oxidation sites excluding steroid dienone is 1. The average Bonchev–Trinajstić information content (AvgIpc) is 2.71. The van der Waals surface area contributed by atoms with E-state index in [1.54, 1.807) is 0 Å². The summed E-state index contributed by atoms with van der Waals surface area (Å²) in [7, 11) is 0.